The van der Waals surface area contributed by atoms with E-state index < -0.39 is 0 Å². The molecular weight excluding hydrogens is 350 g/mol. The predicted octanol–water partition coefficient (Wildman–Crippen LogP) is 4.03. The topological polar surface area (TPSA) is 62.7 Å². The van der Waals surface area contributed by atoms with Crippen LogP contribution in [0.15, 0.2) is 53.5 Å². The number of benzene rings is 2. The van der Waals surface area contributed by atoms with Gasteiger partial charge in [-0.05, 0) is 55.7 Å². The molecule has 1 fully saturated rings. The third-order valence-corrected chi connectivity index (χ3v) is 4.42. The Morgan fingerprint density at radius 2 is 2.08 bits per heavy atom. The van der Waals surface area contributed by atoms with Gasteiger partial charge in [0.05, 0.1) is 12.6 Å². The van der Waals surface area contributed by atoms with Crippen LogP contribution >= 0.6 is 11.6 Å². The molecule has 0 aromatic heterocycles. The Hall–Kier alpha value is -2.37. The van der Waals surface area contributed by atoms with E-state index in [0.717, 1.165) is 30.7 Å². The molecule has 0 spiro atoms. The first-order valence-corrected chi connectivity index (χ1v) is 9.05. The van der Waals surface area contributed by atoms with Gasteiger partial charge >= 0.3 is 0 Å². The van der Waals surface area contributed by atoms with Crippen molar-refractivity contribution in [2.24, 2.45) is 4.99 Å². The molecule has 0 saturated carbocycles. The van der Waals surface area contributed by atoms with Crippen LogP contribution < -0.4 is 10.6 Å². The molecule has 6 heteroatoms. The molecule has 1 heterocycles. The molecule has 26 heavy (non-hydrogen) atoms. The maximum Gasteiger partial charge on any atom is 0.257 e. The fraction of sp³-hybridized carbons (Fsp3) is 0.300. The molecule has 1 amide bonds. The van der Waals surface area contributed by atoms with Crippen molar-refractivity contribution >= 4 is 29.2 Å². The van der Waals surface area contributed by atoms with Crippen LogP contribution in [0.2, 0.25) is 5.02 Å². The molecule has 0 bridgehead atoms. The lowest BCUT2D eigenvalue weighted by Gasteiger charge is -2.15. The maximum atomic E-state index is 12.5. The molecule has 136 valence electrons. The standard InChI is InChI=1S/C20H22ClN3O2/c1-14-12-16(21)9-10-18(14)23-20(22-13-17-8-5-11-26-17)24-19(25)15-6-3-2-4-7-15/h2-4,6-7,9-10,12,17H,5,8,11,13H2,1H3,(H2,22,23,24,25)/t17-/m0/s1. The number of hydrogen-bond donors (Lipinski definition) is 2. The van der Waals surface area contributed by atoms with Gasteiger partial charge in [-0.1, -0.05) is 29.8 Å². The third kappa shape index (κ3) is 5.07. The number of aliphatic imine (C=N–C) groups is 1. The van der Waals surface area contributed by atoms with Gasteiger partial charge < -0.3 is 10.1 Å². The number of carbonyl (C=O) groups excluding carboxylic acids is 1. The summed E-state index contributed by atoms with van der Waals surface area (Å²) in [7, 11) is 0. The molecule has 1 aliphatic heterocycles. The number of anilines is 1. The molecule has 0 unspecified atom stereocenters. The summed E-state index contributed by atoms with van der Waals surface area (Å²) < 4.78 is 5.62. The van der Waals surface area contributed by atoms with Crippen molar-refractivity contribution in [3.8, 4) is 0 Å². The number of nitrogens with one attached hydrogen (secondary N) is 2. The first-order chi connectivity index (χ1) is 12.6. The number of ether oxygens (including phenoxy) is 1. The Kier molecular flexibility index (Phi) is 6.26. The maximum absolute atomic E-state index is 12.5. The summed E-state index contributed by atoms with van der Waals surface area (Å²) in [6.45, 7) is 3.23. The summed E-state index contributed by atoms with van der Waals surface area (Å²) in [5.74, 6) is 0.190. The Balaban J connectivity index is 1.76. The van der Waals surface area contributed by atoms with E-state index in [9.17, 15) is 4.79 Å². The van der Waals surface area contributed by atoms with Crippen molar-refractivity contribution in [1.29, 1.82) is 0 Å². The number of rotatable bonds is 4. The largest absolute Gasteiger partial charge is 0.376 e. The van der Waals surface area contributed by atoms with Gasteiger partial charge in [-0.25, -0.2) is 4.99 Å². The van der Waals surface area contributed by atoms with Crippen LogP contribution in [-0.4, -0.2) is 31.1 Å². The van der Waals surface area contributed by atoms with Crippen molar-refractivity contribution in [2.45, 2.75) is 25.9 Å². The van der Waals surface area contributed by atoms with Crippen molar-refractivity contribution in [3.63, 3.8) is 0 Å². The third-order valence-electron chi connectivity index (χ3n) is 4.19. The van der Waals surface area contributed by atoms with Gasteiger partial charge in [0.15, 0.2) is 0 Å². The Labute approximate surface area is 158 Å². The first-order valence-electron chi connectivity index (χ1n) is 8.67. The number of aryl methyl sites for hydroxylation is 1. The number of hydrogen-bond acceptors (Lipinski definition) is 3. The minimum Gasteiger partial charge on any atom is -0.376 e. The van der Waals surface area contributed by atoms with Crippen LogP contribution in [0.25, 0.3) is 0 Å². The second-order valence-electron chi connectivity index (χ2n) is 6.23. The van der Waals surface area contributed by atoms with Crippen LogP contribution in [0.5, 0.6) is 0 Å². The molecule has 1 aliphatic rings. The zero-order valence-corrected chi connectivity index (χ0v) is 15.4. The van der Waals surface area contributed by atoms with Crippen LogP contribution in [0, 0.1) is 6.92 Å². The fourth-order valence-corrected chi connectivity index (χ4v) is 2.98. The zero-order chi connectivity index (χ0) is 18.4. The summed E-state index contributed by atoms with van der Waals surface area (Å²) in [6, 6.07) is 14.6. The fourth-order valence-electron chi connectivity index (χ4n) is 2.76. The molecule has 5 nitrogen and oxygen atoms in total. The first kappa shape index (κ1) is 18.4. The smallest absolute Gasteiger partial charge is 0.257 e. The highest BCUT2D eigenvalue weighted by atomic mass is 35.5. The lowest BCUT2D eigenvalue weighted by Crippen LogP contribution is -2.37. The van der Waals surface area contributed by atoms with E-state index in [0.29, 0.717) is 23.1 Å². The number of guanidine groups is 1. The van der Waals surface area contributed by atoms with Gasteiger partial charge in [0.25, 0.3) is 5.91 Å². The van der Waals surface area contributed by atoms with E-state index in [-0.39, 0.29) is 12.0 Å². The van der Waals surface area contributed by atoms with E-state index in [1.807, 2.05) is 37.3 Å². The van der Waals surface area contributed by atoms with E-state index in [4.69, 9.17) is 16.3 Å². The van der Waals surface area contributed by atoms with Crippen molar-refractivity contribution < 1.29 is 9.53 Å². The van der Waals surface area contributed by atoms with E-state index in [1.54, 1.807) is 18.2 Å². The van der Waals surface area contributed by atoms with E-state index in [1.165, 1.54) is 0 Å². The van der Waals surface area contributed by atoms with Crippen molar-refractivity contribution in [3.05, 3.63) is 64.7 Å². The van der Waals surface area contributed by atoms with Crippen molar-refractivity contribution in [2.75, 3.05) is 18.5 Å². The highest BCUT2D eigenvalue weighted by molar-refractivity contribution is 6.30. The molecule has 2 aromatic carbocycles. The Morgan fingerprint density at radius 3 is 2.77 bits per heavy atom. The quantitative estimate of drug-likeness (QED) is 0.630. The highest BCUT2D eigenvalue weighted by Gasteiger charge is 2.16. The number of nitrogens with zero attached hydrogens (tertiary/aromatic N) is 1. The van der Waals surface area contributed by atoms with E-state index >= 15 is 0 Å². The SMILES string of the molecule is Cc1cc(Cl)ccc1NC(=NC[C@@H]1CCCO1)NC(=O)c1ccccc1. The lowest BCUT2D eigenvalue weighted by molar-refractivity contribution is 0.0975. The molecule has 1 atom stereocenters. The van der Waals surface area contributed by atoms with Crippen LogP contribution in [0.4, 0.5) is 5.69 Å². The van der Waals surface area contributed by atoms with Gasteiger partial charge in [0.2, 0.25) is 5.96 Å². The summed E-state index contributed by atoms with van der Waals surface area (Å²) in [6.07, 6.45) is 2.14. The van der Waals surface area contributed by atoms with Gasteiger partial charge in [-0.3, -0.25) is 10.1 Å². The minimum atomic E-state index is -0.212. The van der Waals surface area contributed by atoms with Gasteiger partial charge in [-0.15, -0.1) is 0 Å². The molecule has 2 N–H and O–H groups in total. The predicted molar refractivity (Wildman–Crippen MR) is 105 cm³/mol. The van der Waals surface area contributed by atoms with Gasteiger partial charge in [0.1, 0.15) is 0 Å². The summed E-state index contributed by atoms with van der Waals surface area (Å²) in [5, 5.41) is 6.73. The van der Waals surface area contributed by atoms with Crippen molar-refractivity contribution in [1.82, 2.24) is 5.32 Å². The second-order valence-corrected chi connectivity index (χ2v) is 6.67. The average molecular weight is 372 g/mol. The number of carbonyl (C=O) groups is 1. The lowest BCUT2D eigenvalue weighted by atomic mass is 10.2. The summed E-state index contributed by atoms with van der Waals surface area (Å²) in [4.78, 5) is 17.0. The van der Waals surface area contributed by atoms with Crippen LogP contribution in [0.3, 0.4) is 0 Å². The molecule has 3 rings (SSSR count). The summed E-state index contributed by atoms with van der Waals surface area (Å²) >= 11 is 6.02. The highest BCUT2D eigenvalue weighted by Crippen LogP contribution is 2.19. The van der Waals surface area contributed by atoms with Crippen LogP contribution in [-0.2, 0) is 4.74 Å². The summed E-state index contributed by atoms with van der Waals surface area (Å²) in [5.41, 5.74) is 2.39. The monoisotopic (exact) mass is 371 g/mol. The molecule has 1 saturated heterocycles. The normalized spacial score (nSPS) is 17.2. The zero-order valence-electron chi connectivity index (χ0n) is 14.7. The molecule has 0 radical (unpaired) electrons. The van der Waals surface area contributed by atoms with E-state index in [2.05, 4.69) is 15.6 Å². The molecule has 2 aromatic rings. The Bertz CT molecular complexity index is 787. The Morgan fingerprint density at radius 1 is 1.27 bits per heavy atom. The number of halogens is 1. The van der Waals surface area contributed by atoms with Gasteiger partial charge in [0, 0.05) is 22.9 Å². The average Bonchev–Trinajstić information content (AvgIpc) is 3.16. The molecule has 0 aliphatic carbocycles. The van der Waals surface area contributed by atoms with Crippen LogP contribution in [0.1, 0.15) is 28.8 Å². The second kappa shape index (κ2) is 8.83. The van der Waals surface area contributed by atoms with Gasteiger partial charge in [-0.2, -0.15) is 0 Å². The molecular formula is C20H22ClN3O2. The number of amides is 1. The minimum absolute atomic E-state index is 0.103.